The Kier molecular flexibility index (Phi) is 6.42. The zero-order valence-electron chi connectivity index (χ0n) is 14.2. The predicted octanol–water partition coefficient (Wildman–Crippen LogP) is -0.993. The highest BCUT2D eigenvalue weighted by Crippen LogP contribution is 2.19. The van der Waals surface area contributed by atoms with E-state index in [4.69, 9.17) is 4.74 Å². The van der Waals surface area contributed by atoms with Crippen LogP contribution in [0.15, 0.2) is 24.3 Å². The van der Waals surface area contributed by atoms with Gasteiger partial charge in [-0.3, -0.25) is 28.9 Å². The number of hydrogen-bond acceptors (Lipinski definition) is 6. The molecule has 0 aliphatic carbocycles. The number of benzene rings is 1. The van der Waals surface area contributed by atoms with E-state index in [1.54, 1.807) is 31.2 Å². The van der Waals surface area contributed by atoms with Crippen molar-refractivity contribution in [2.45, 2.75) is 13.3 Å². The molecule has 0 fully saturated rings. The number of nitrogens with one attached hydrogen (secondary N) is 2. The molecule has 1 heterocycles. The summed E-state index contributed by atoms with van der Waals surface area (Å²) in [5.41, 5.74) is 0.969. The van der Waals surface area contributed by atoms with Gasteiger partial charge < -0.3 is 15.4 Å². The van der Waals surface area contributed by atoms with Crippen LogP contribution in [0, 0.1) is 0 Å². The third kappa shape index (κ3) is 4.88. The van der Waals surface area contributed by atoms with E-state index in [0.29, 0.717) is 17.7 Å². The van der Waals surface area contributed by atoms with Gasteiger partial charge in [0.05, 0.1) is 13.0 Å². The van der Waals surface area contributed by atoms with Gasteiger partial charge in [-0.15, -0.1) is 0 Å². The highest BCUT2D eigenvalue weighted by molar-refractivity contribution is 6.11. The zero-order valence-corrected chi connectivity index (χ0v) is 14.2. The zero-order chi connectivity index (χ0) is 19.1. The maximum atomic E-state index is 12.3. The van der Waals surface area contributed by atoms with E-state index in [9.17, 15) is 24.0 Å². The molecule has 0 saturated heterocycles. The van der Waals surface area contributed by atoms with Gasteiger partial charge in [-0.1, -0.05) is 18.2 Å². The molecule has 2 N–H and O–H groups in total. The van der Waals surface area contributed by atoms with Crippen molar-refractivity contribution in [3.8, 4) is 0 Å². The lowest BCUT2D eigenvalue weighted by Gasteiger charge is -2.25. The molecule has 1 aliphatic rings. The Morgan fingerprint density at radius 3 is 2.58 bits per heavy atom. The SMILES string of the molecule is CCNC(=O)CNC(=O)COC(=O)CN1C(=O)Cc2ccccc2C1=O. The summed E-state index contributed by atoms with van der Waals surface area (Å²) in [6.45, 7) is 0.762. The molecule has 0 atom stereocenters. The first kappa shape index (κ1) is 19.1. The summed E-state index contributed by atoms with van der Waals surface area (Å²) >= 11 is 0. The van der Waals surface area contributed by atoms with Crippen molar-refractivity contribution in [1.82, 2.24) is 15.5 Å². The number of amides is 4. The van der Waals surface area contributed by atoms with Crippen LogP contribution in [0.25, 0.3) is 0 Å². The number of fused-ring (bicyclic) bond motifs is 1. The van der Waals surface area contributed by atoms with Gasteiger partial charge in [0, 0.05) is 12.1 Å². The Labute approximate surface area is 149 Å². The highest BCUT2D eigenvalue weighted by atomic mass is 16.5. The van der Waals surface area contributed by atoms with E-state index in [2.05, 4.69) is 10.6 Å². The van der Waals surface area contributed by atoms with Crippen molar-refractivity contribution in [3.05, 3.63) is 35.4 Å². The maximum Gasteiger partial charge on any atom is 0.326 e. The minimum absolute atomic E-state index is 0.0161. The van der Waals surface area contributed by atoms with Crippen molar-refractivity contribution in [2.75, 3.05) is 26.2 Å². The molecule has 0 radical (unpaired) electrons. The standard InChI is InChI=1S/C17H19N3O6/c1-2-18-13(21)8-19-14(22)10-26-16(24)9-20-15(23)7-11-5-3-4-6-12(11)17(20)25/h3-6H,2,7-10H2,1H3,(H,18,21)(H,19,22). The Morgan fingerprint density at radius 1 is 1.12 bits per heavy atom. The van der Waals surface area contributed by atoms with E-state index < -0.39 is 36.8 Å². The molecule has 0 spiro atoms. The number of likely N-dealkylation sites (N-methyl/N-ethyl adjacent to an activating group) is 1. The summed E-state index contributed by atoms with van der Waals surface area (Å²) in [5.74, 6) is -3.00. The van der Waals surface area contributed by atoms with Gasteiger partial charge >= 0.3 is 5.97 Å². The van der Waals surface area contributed by atoms with Crippen molar-refractivity contribution < 1.29 is 28.7 Å². The Bertz CT molecular complexity index is 746. The van der Waals surface area contributed by atoms with E-state index in [1.807, 2.05) is 0 Å². The first-order chi connectivity index (χ1) is 12.4. The average molecular weight is 361 g/mol. The minimum Gasteiger partial charge on any atom is -0.454 e. The summed E-state index contributed by atoms with van der Waals surface area (Å²) in [4.78, 5) is 59.7. The van der Waals surface area contributed by atoms with E-state index >= 15 is 0 Å². The van der Waals surface area contributed by atoms with E-state index in [1.165, 1.54) is 0 Å². The van der Waals surface area contributed by atoms with Crippen molar-refractivity contribution >= 4 is 29.6 Å². The summed E-state index contributed by atoms with van der Waals surface area (Å²) in [5, 5.41) is 4.78. The topological polar surface area (TPSA) is 122 Å². The molecular weight excluding hydrogens is 342 g/mol. The Balaban J connectivity index is 1.82. The van der Waals surface area contributed by atoms with Crippen LogP contribution in [0.3, 0.4) is 0 Å². The molecule has 1 aliphatic heterocycles. The van der Waals surface area contributed by atoms with Crippen LogP contribution in [0.4, 0.5) is 0 Å². The van der Waals surface area contributed by atoms with Gasteiger partial charge in [-0.25, -0.2) is 0 Å². The van der Waals surface area contributed by atoms with Crippen LogP contribution < -0.4 is 10.6 Å². The van der Waals surface area contributed by atoms with E-state index in [0.717, 1.165) is 4.90 Å². The number of hydrogen-bond donors (Lipinski definition) is 2. The molecule has 0 aromatic heterocycles. The molecular formula is C17H19N3O6. The maximum absolute atomic E-state index is 12.3. The van der Waals surface area contributed by atoms with E-state index in [-0.39, 0.29) is 18.9 Å². The molecule has 138 valence electrons. The van der Waals surface area contributed by atoms with Crippen molar-refractivity contribution in [2.24, 2.45) is 0 Å². The fraction of sp³-hybridized carbons (Fsp3) is 0.353. The molecule has 4 amide bonds. The first-order valence-electron chi connectivity index (χ1n) is 8.04. The second-order valence-electron chi connectivity index (χ2n) is 5.51. The van der Waals surface area contributed by atoms with Crippen LogP contribution in [-0.4, -0.2) is 60.7 Å². The Hall–Kier alpha value is -3.23. The van der Waals surface area contributed by atoms with Crippen LogP contribution >= 0.6 is 0 Å². The predicted molar refractivity (Wildman–Crippen MR) is 88.8 cm³/mol. The minimum atomic E-state index is -0.890. The van der Waals surface area contributed by atoms with Gasteiger partial charge in [-0.2, -0.15) is 0 Å². The fourth-order valence-corrected chi connectivity index (χ4v) is 2.37. The fourth-order valence-electron chi connectivity index (χ4n) is 2.37. The van der Waals surface area contributed by atoms with Gasteiger partial charge in [0.25, 0.3) is 11.8 Å². The second kappa shape index (κ2) is 8.75. The lowest BCUT2D eigenvalue weighted by atomic mass is 9.98. The van der Waals surface area contributed by atoms with Gasteiger partial charge in [-0.05, 0) is 18.6 Å². The quantitative estimate of drug-likeness (QED) is 0.475. The Morgan fingerprint density at radius 2 is 1.85 bits per heavy atom. The molecule has 9 heteroatoms. The van der Waals surface area contributed by atoms with Gasteiger partial charge in [0.2, 0.25) is 11.8 Å². The smallest absolute Gasteiger partial charge is 0.326 e. The summed E-state index contributed by atoms with van der Waals surface area (Å²) in [7, 11) is 0. The van der Waals surface area contributed by atoms with Crippen molar-refractivity contribution in [1.29, 1.82) is 0 Å². The molecule has 26 heavy (non-hydrogen) atoms. The number of ether oxygens (including phenoxy) is 1. The van der Waals surface area contributed by atoms with Crippen LogP contribution in [-0.2, 0) is 30.3 Å². The van der Waals surface area contributed by atoms with Crippen LogP contribution in [0.1, 0.15) is 22.8 Å². The molecule has 1 aromatic rings. The summed E-state index contributed by atoms with van der Waals surface area (Å²) < 4.78 is 4.75. The highest BCUT2D eigenvalue weighted by Gasteiger charge is 2.32. The number of esters is 1. The molecule has 1 aromatic carbocycles. The summed E-state index contributed by atoms with van der Waals surface area (Å²) in [6.07, 6.45) is 0.0161. The molecule has 0 unspecified atom stereocenters. The normalized spacial score (nSPS) is 13.0. The molecule has 9 nitrogen and oxygen atoms in total. The number of carbonyl (C=O) groups is 5. The molecule has 2 rings (SSSR count). The second-order valence-corrected chi connectivity index (χ2v) is 5.51. The average Bonchev–Trinajstić information content (AvgIpc) is 2.62. The molecule has 0 saturated carbocycles. The lowest BCUT2D eigenvalue weighted by molar-refractivity contribution is -0.151. The van der Waals surface area contributed by atoms with Crippen molar-refractivity contribution in [3.63, 3.8) is 0 Å². The lowest BCUT2D eigenvalue weighted by Crippen LogP contribution is -2.46. The number of nitrogens with zero attached hydrogens (tertiary/aromatic N) is 1. The van der Waals surface area contributed by atoms with Crippen LogP contribution in [0.5, 0.6) is 0 Å². The van der Waals surface area contributed by atoms with Gasteiger partial charge in [0.1, 0.15) is 6.54 Å². The molecule has 0 bridgehead atoms. The summed E-state index contributed by atoms with van der Waals surface area (Å²) in [6, 6.07) is 6.65. The third-order valence-corrected chi connectivity index (χ3v) is 3.61. The monoisotopic (exact) mass is 361 g/mol. The number of carbonyl (C=O) groups excluding carboxylic acids is 5. The number of rotatable bonds is 7. The first-order valence-corrected chi connectivity index (χ1v) is 8.04. The van der Waals surface area contributed by atoms with Gasteiger partial charge in [0.15, 0.2) is 6.61 Å². The number of imide groups is 1. The van der Waals surface area contributed by atoms with Crippen LogP contribution in [0.2, 0.25) is 0 Å². The largest absolute Gasteiger partial charge is 0.454 e. The third-order valence-electron chi connectivity index (χ3n) is 3.61.